The monoisotopic (exact) mass is 281 g/mol. The van der Waals surface area contributed by atoms with E-state index in [4.69, 9.17) is 14.3 Å². The van der Waals surface area contributed by atoms with E-state index in [-0.39, 0.29) is 12.3 Å². The van der Waals surface area contributed by atoms with E-state index >= 15 is 0 Å². The fraction of sp³-hybridized carbons (Fsp3) is 0.571. The summed E-state index contributed by atoms with van der Waals surface area (Å²) in [6.07, 6.45) is 2.62. The van der Waals surface area contributed by atoms with Crippen LogP contribution in [0.2, 0.25) is 0 Å². The van der Waals surface area contributed by atoms with Gasteiger partial charge in [-0.05, 0) is 12.5 Å². The van der Waals surface area contributed by atoms with Gasteiger partial charge in [0.2, 0.25) is 0 Å². The lowest BCUT2D eigenvalue weighted by molar-refractivity contribution is -0.141. The Labute approximate surface area is 117 Å². The van der Waals surface area contributed by atoms with E-state index in [1.54, 1.807) is 11.0 Å². The molecule has 0 spiro atoms. The molecule has 0 radical (unpaired) electrons. The van der Waals surface area contributed by atoms with Crippen LogP contribution in [-0.2, 0) is 16.0 Å². The predicted molar refractivity (Wildman–Crippen MR) is 70.6 cm³/mol. The molecular formula is C14H19NO5. The van der Waals surface area contributed by atoms with Crippen molar-refractivity contribution in [2.24, 2.45) is 0 Å². The first-order chi connectivity index (χ1) is 9.61. The molecule has 0 saturated carbocycles. The molecule has 1 aliphatic heterocycles. The summed E-state index contributed by atoms with van der Waals surface area (Å²) in [7, 11) is 0. The van der Waals surface area contributed by atoms with Crippen LogP contribution in [0, 0.1) is 0 Å². The third-order valence-electron chi connectivity index (χ3n) is 3.28. The first-order valence-corrected chi connectivity index (χ1v) is 6.80. The minimum Gasteiger partial charge on any atom is -0.481 e. The van der Waals surface area contributed by atoms with Crippen molar-refractivity contribution in [1.29, 1.82) is 0 Å². The van der Waals surface area contributed by atoms with Crippen molar-refractivity contribution >= 4 is 11.9 Å². The van der Waals surface area contributed by atoms with Crippen LogP contribution in [0.15, 0.2) is 16.7 Å². The quantitative estimate of drug-likeness (QED) is 0.885. The largest absolute Gasteiger partial charge is 0.481 e. The van der Waals surface area contributed by atoms with E-state index in [1.165, 1.54) is 6.26 Å². The summed E-state index contributed by atoms with van der Waals surface area (Å²) in [6, 6.07) is 1.68. The molecule has 1 aromatic rings. The molecule has 0 bridgehead atoms. The lowest BCUT2D eigenvalue weighted by Crippen LogP contribution is -2.46. The Balaban J connectivity index is 2.04. The van der Waals surface area contributed by atoms with E-state index in [0.29, 0.717) is 31.0 Å². The number of aliphatic carboxylic acids is 1. The number of aryl methyl sites for hydroxylation is 1. The first kappa shape index (κ1) is 14.6. The molecule has 6 heteroatoms. The van der Waals surface area contributed by atoms with Crippen molar-refractivity contribution in [3.8, 4) is 0 Å². The van der Waals surface area contributed by atoms with Gasteiger partial charge in [-0.1, -0.05) is 6.92 Å². The molecule has 0 aromatic carbocycles. The molecule has 2 rings (SSSR count). The van der Waals surface area contributed by atoms with E-state index in [1.807, 2.05) is 6.92 Å². The van der Waals surface area contributed by atoms with Gasteiger partial charge in [0.25, 0.3) is 5.91 Å². The fourth-order valence-corrected chi connectivity index (χ4v) is 2.34. The Morgan fingerprint density at radius 2 is 2.30 bits per heavy atom. The highest BCUT2D eigenvalue weighted by Gasteiger charge is 2.28. The van der Waals surface area contributed by atoms with Crippen LogP contribution in [0.4, 0.5) is 0 Å². The first-order valence-electron chi connectivity index (χ1n) is 6.80. The number of furan rings is 1. The van der Waals surface area contributed by atoms with E-state index in [9.17, 15) is 9.59 Å². The normalized spacial score (nSPS) is 19.1. The van der Waals surface area contributed by atoms with Crippen LogP contribution in [0.25, 0.3) is 0 Å². The number of ether oxygens (including phenoxy) is 1. The number of hydrogen-bond acceptors (Lipinski definition) is 4. The maximum absolute atomic E-state index is 12.5. The van der Waals surface area contributed by atoms with E-state index in [0.717, 1.165) is 12.8 Å². The molecular weight excluding hydrogens is 262 g/mol. The number of carboxylic acid groups (broad SMARTS) is 1. The molecule has 20 heavy (non-hydrogen) atoms. The highest BCUT2D eigenvalue weighted by Crippen LogP contribution is 2.18. The molecule has 1 aliphatic rings. The van der Waals surface area contributed by atoms with Gasteiger partial charge in [0.05, 0.1) is 31.0 Å². The zero-order valence-corrected chi connectivity index (χ0v) is 11.5. The molecule has 2 heterocycles. The molecule has 1 amide bonds. The second-order valence-electron chi connectivity index (χ2n) is 4.85. The SMILES string of the molecule is CCCc1occc1C(=O)N1CCOC(CC(=O)O)C1. The molecule has 1 aromatic heterocycles. The van der Waals surface area contributed by atoms with Crippen LogP contribution < -0.4 is 0 Å². The number of carbonyl (C=O) groups excluding carboxylic acids is 1. The van der Waals surface area contributed by atoms with Gasteiger partial charge >= 0.3 is 5.97 Å². The Morgan fingerprint density at radius 3 is 3.00 bits per heavy atom. The molecule has 110 valence electrons. The lowest BCUT2D eigenvalue weighted by Gasteiger charge is -2.32. The number of amides is 1. The average Bonchev–Trinajstić information content (AvgIpc) is 2.86. The van der Waals surface area contributed by atoms with Crippen LogP contribution in [0.3, 0.4) is 0 Å². The van der Waals surface area contributed by atoms with Gasteiger partial charge in [0.1, 0.15) is 5.76 Å². The Hall–Kier alpha value is -1.82. The van der Waals surface area contributed by atoms with E-state index < -0.39 is 12.1 Å². The number of carbonyl (C=O) groups is 2. The summed E-state index contributed by atoms with van der Waals surface area (Å²) in [6.45, 7) is 3.17. The Kier molecular flexibility index (Phi) is 4.79. The Bertz CT molecular complexity index is 482. The molecule has 1 saturated heterocycles. The van der Waals surface area contributed by atoms with Gasteiger partial charge in [-0.3, -0.25) is 9.59 Å². The van der Waals surface area contributed by atoms with Gasteiger partial charge in [-0.25, -0.2) is 0 Å². The molecule has 1 N–H and O–H groups in total. The smallest absolute Gasteiger partial charge is 0.306 e. The zero-order valence-electron chi connectivity index (χ0n) is 11.5. The molecule has 1 atom stereocenters. The van der Waals surface area contributed by atoms with Gasteiger partial charge in [-0.2, -0.15) is 0 Å². The second kappa shape index (κ2) is 6.56. The maximum Gasteiger partial charge on any atom is 0.306 e. The zero-order chi connectivity index (χ0) is 14.5. The van der Waals surface area contributed by atoms with Crippen molar-refractivity contribution in [3.63, 3.8) is 0 Å². The minimum absolute atomic E-state index is 0.0863. The summed E-state index contributed by atoms with van der Waals surface area (Å²) >= 11 is 0. The maximum atomic E-state index is 12.5. The second-order valence-corrected chi connectivity index (χ2v) is 4.85. The van der Waals surface area contributed by atoms with Gasteiger partial charge < -0.3 is 19.2 Å². The fourth-order valence-electron chi connectivity index (χ4n) is 2.34. The van der Waals surface area contributed by atoms with Gasteiger partial charge in [-0.15, -0.1) is 0 Å². The van der Waals surface area contributed by atoms with Gasteiger partial charge in [0.15, 0.2) is 0 Å². The van der Waals surface area contributed by atoms with Crippen LogP contribution in [0.1, 0.15) is 35.9 Å². The third kappa shape index (κ3) is 3.39. The third-order valence-corrected chi connectivity index (χ3v) is 3.28. The molecule has 6 nitrogen and oxygen atoms in total. The van der Waals surface area contributed by atoms with Crippen molar-refractivity contribution in [2.45, 2.75) is 32.3 Å². The number of carboxylic acids is 1. The lowest BCUT2D eigenvalue weighted by atomic mass is 10.1. The van der Waals surface area contributed by atoms with Crippen molar-refractivity contribution in [1.82, 2.24) is 4.90 Å². The average molecular weight is 281 g/mol. The van der Waals surface area contributed by atoms with Gasteiger partial charge in [0, 0.05) is 19.5 Å². The van der Waals surface area contributed by atoms with Crippen LogP contribution >= 0.6 is 0 Å². The number of hydrogen-bond donors (Lipinski definition) is 1. The summed E-state index contributed by atoms with van der Waals surface area (Å²) in [5.41, 5.74) is 0.572. The minimum atomic E-state index is -0.917. The van der Waals surface area contributed by atoms with Crippen LogP contribution in [-0.4, -0.2) is 47.7 Å². The highest BCUT2D eigenvalue weighted by molar-refractivity contribution is 5.95. The van der Waals surface area contributed by atoms with E-state index in [2.05, 4.69) is 0 Å². The van der Waals surface area contributed by atoms with Crippen molar-refractivity contribution in [2.75, 3.05) is 19.7 Å². The number of nitrogens with zero attached hydrogens (tertiary/aromatic N) is 1. The van der Waals surface area contributed by atoms with Crippen molar-refractivity contribution < 1.29 is 23.8 Å². The summed E-state index contributed by atoms with van der Waals surface area (Å²) in [5, 5.41) is 8.79. The number of morpholine rings is 1. The standard InChI is InChI=1S/C14H19NO5/c1-2-3-12-11(4-6-20-12)14(18)15-5-7-19-10(9-15)8-13(16)17/h4,6,10H,2-3,5,7-9H2,1H3,(H,16,17). The highest BCUT2D eigenvalue weighted by atomic mass is 16.5. The topological polar surface area (TPSA) is 80.0 Å². The summed E-state index contributed by atoms with van der Waals surface area (Å²) in [4.78, 5) is 24.8. The van der Waals surface area contributed by atoms with Crippen LogP contribution in [0.5, 0.6) is 0 Å². The molecule has 1 unspecified atom stereocenters. The Morgan fingerprint density at radius 1 is 1.50 bits per heavy atom. The number of rotatable bonds is 5. The summed E-state index contributed by atoms with van der Waals surface area (Å²) in [5.74, 6) is -0.334. The predicted octanol–water partition coefficient (Wildman–Crippen LogP) is 1.55. The molecule has 0 aliphatic carbocycles. The molecule has 1 fully saturated rings. The summed E-state index contributed by atoms with van der Waals surface area (Å²) < 4.78 is 10.7. The van der Waals surface area contributed by atoms with Crippen molar-refractivity contribution in [3.05, 3.63) is 23.7 Å².